The van der Waals surface area contributed by atoms with Gasteiger partial charge < -0.3 is 9.47 Å². The average molecular weight is 321 g/mol. The molecule has 0 aliphatic rings. The largest absolute Gasteiger partial charge is 0.497 e. The Morgan fingerprint density at radius 1 is 1.00 bits per heavy atom. The first-order valence-electron chi connectivity index (χ1n) is 5.68. The number of methoxy groups -OCH3 is 2. The van der Waals surface area contributed by atoms with Crippen LogP contribution in [0.4, 0.5) is 0 Å². The number of benzene rings is 2. The first kappa shape index (κ1) is 13.6. The Labute approximate surface area is 120 Å². The van der Waals surface area contributed by atoms with Crippen LogP contribution in [0.15, 0.2) is 46.9 Å². The topological polar surface area (TPSA) is 35.5 Å². The van der Waals surface area contributed by atoms with E-state index in [0.29, 0.717) is 10.0 Å². The van der Waals surface area contributed by atoms with Gasteiger partial charge >= 0.3 is 5.97 Å². The zero-order valence-electron chi connectivity index (χ0n) is 10.6. The summed E-state index contributed by atoms with van der Waals surface area (Å²) in [6.07, 6.45) is 0. The molecule has 0 aliphatic carbocycles. The fraction of sp³-hybridized carbons (Fsp3) is 0.133. The summed E-state index contributed by atoms with van der Waals surface area (Å²) in [7, 11) is 3.00. The van der Waals surface area contributed by atoms with Gasteiger partial charge in [-0.3, -0.25) is 0 Å². The van der Waals surface area contributed by atoms with Crippen molar-refractivity contribution in [2.24, 2.45) is 0 Å². The molecule has 3 nitrogen and oxygen atoms in total. The molecule has 0 N–H and O–H groups in total. The smallest absolute Gasteiger partial charge is 0.339 e. The van der Waals surface area contributed by atoms with Crippen molar-refractivity contribution in [3.05, 3.63) is 52.5 Å². The summed E-state index contributed by atoms with van der Waals surface area (Å²) in [6.45, 7) is 0. The maximum Gasteiger partial charge on any atom is 0.339 e. The maximum atomic E-state index is 11.5. The zero-order chi connectivity index (χ0) is 13.8. The number of ether oxygens (including phenoxy) is 2. The summed E-state index contributed by atoms with van der Waals surface area (Å²) in [5.74, 6) is 0.460. The second-order valence-corrected chi connectivity index (χ2v) is 4.77. The van der Waals surface area contributed by atoms with Gasteiger partial charge in [-0.1, -0.05) is 18.2 Å². The normalized spacial score (nSPS) is 10.1. The monoisotopic (exact) mass is 320 g/mol. The molecule has 0 atom stereocenters. The summed E-state index contributed by atoms with van der Waals surface area (Å²) in [5, 5.41) is 0. The highest BCUT2D eigenvalue weighted by atomic mass is 79.9. The van der Waals surface area contributed by atoms with E-state index in [1.807, 2.05) is 36.4 Å². The average Bonchev–Trinajstić information content (AvgIpc) is 2.46. The second kappa shape index (κ2) is 5.89. The fourth-order valence-electron chi connectivity index (χ4n) is 1.75. The van der Waals surface area contributed by atoms with Crippen LogP contribution in [0.1, 0.15) is 10.4 Å². The van der Waals surface area contributed by atoms with Gasteiger partial charge in [0.05, 0.1) is 19.8 Å². The minimum Gasteiger partial charge on any atom is -0.497 e. The van der Waals surface area contributed by atoms with Gasteiger partial charge in [0.15, 0.2) is 0 Å². The molecule has 0 heterocycles. The Morgan fingerprint density at radius 3 is 2.16 bits per heavy atom. The highest BCUT2D eigenvalue weighted by Crippen LogP contribution is 2.27. The van der Waals surface area contributed by atoms with Crippen LogP contribution in [0.25, 0.3) is 11.1 Å². The van der Waals surface area contributed by atoms with Crippen molar-refractivity contribution in [1.82, 2.24) is 0 Å². The Balaban J connectivity index is 2.35. The molecule has 0 fully saturated rings. The van der Waals surface area contributed by atoms with E-state index in [0.717, 1.165) is 16.9 Å². The number of carbonyl (C=O) groups excluding carboxylic acids is 1. The van der Waals surface area contributed by atoms with E-state index in [2.05, 4.69) is 15.9 Å². The molecule has 0 spiro atoms. The minimum absolute atomic E-state index is 0.354. The summed E-state index contributed by atoms with van der Waals surface area (Å²) in [4.78, 5) is 11.5. The lowest BCUT2D eigenvalue weighted by atomic mass is 10.0. The van der Waals surface area contributed by atoms with Gasteiger partial charge in [0.1, 0.15) is 5.75 Å². The standard InChI is InChI=1S/C15H13BrO3/c1-18-12-6-3-10(4-7-12)11-5-8-13(14(16)9-11)15(17)19-2/h3-9H,1-2H3. The van der Waals surface area contributed by atoms with Gasteiger partial charge in [0.25, 0.3) is 0 Å². The number of hydrogen-bond donors (Lipinski definition) is 0. The van der Waals surface area contributed by atoms with Crippen molar-refractivity contribution in [2.75, 3.05) is 14.2 Å². The molecule has 4 heteroatoms. The van der Waals surface area contributed by atoms with E-state index in [-0.39, 0.29) is 5.97 Å². The van der Waals surface area contributed by atoms with Gasteiger partial charge in [0.2, 0.25) is 0 Å². The molecule has 0 saturated carbocycles. The van der Waals surface area contributed by atoms with Gasteiger partial charge in [0, 0.05) is 4.47 Å². The zero-order valence-corrected chi connectivity index (χ0v) is 12.2. The number of halogens is 1. The lowest BCUT2D eigenvalue weighted by Gasteiger charge is -2.07. The van der Waals surface area contributed by atoms with Crippen LogP contribution in [0.2, 0.25) is 0 Å². The van der Waals surface area contributed by atoms with E-state index in [1.165, 1.54) is 7.11 Å². The van der Waals surface area contributed by atoms with E-state index in [4.69, 9.17) is 9.47 Å². The summed E-state index contributed by atoms with van der Waals surface area (Å²) in [6, 6.07) is 13.3. The minimum atomic E-state index is -0.354. The van der Waals surface area contributed by atoms with Crippen LogP contribution in [-0.2, 0) is 4.74 Å². The van der Waals surface area contributed by atoms with Crippen LogP contribution in [0.5, 0.6) is 5.75 Å². The first-order chi connectivity index (χ1) is 9.15. The molecule has 0 amide bonds. The number of carbonyl (C=O) groups is 1. The van der Waals surface area contributed by atoms with Gasteiger partial charge in [-0.15, -0.1) is 0 Å². The van der Waals surface area contributed by atoms with Crippen LogP contribution in [0.3, 0.4) is 0 Å². The van der Waals surface area contributed by atoms with Crippen LogP contribution < -0.4 is 4.74 Å². The van der Waals surface area contributed by atoms with E-state index < -0.39 is 0 Å². The molecule has 19 heavy (non-hydrogen) atoms. The summed E-state index contributed by atoms with van der Waals surface area (Å²) in [5.41, 5.74) is 2.58. The molecule has 0 bridgehead atoms. The highest BCUT2D eigenvalue weighted by molar-refractivity contribution is 9.10. The highest BCUT2D eigenvalue weighted by Gasteiger charge is 2.11. The van der Waals surface area contributed by atoms with Crippen molar-refractivity contribution in [2.45, 2.75) is 0 Å². The van der Waals surface area contributed by atoms with Crippen molar-refractivity contribution in [3.63, 3.8) is 0 Å². The molecule has 98 valence electrons. The third kappa shape index (κ3) is 2.96. The summed E-state index contributed by atoms with van der Waals surface area (Å²) < 4.78 is 10.5. The van der Waals surface area contributed by atoms with Gasteiger partial charge in [-0.05, 0) is 51.3 Å². The van der Waals surface area contributed by atoms with E-state index >= 15 is 0 Å². The van der Waals surface area contributed by atoms with Gasteiger partial charge in [-0.25, -0.2) is 4.79 Å². The molecule has 2 aromatic rings. The first-order valence-corrected chi connectivity index (χ1v) is 6.47. The van der Waals surface area contributed by atoms with Crippen molar-refractivity contribution < 1.29 is 14.3 Å². The molecule has 0 saturated heterocycles. The predicted molar refractivity (Wildman–Crippen MR) is 77.5 cm³/mol. The Hall–Kier alpha value is -1.81. The lowest BCUT2D eigenvalue weighted by molar-refractivity contribution is 0.0599. The number of esters is 1. The Bertz CT molecular complexity index is 591. The van der Waals surface area contributed by atoms with Gasteiger partial charge in [-0.2, -0.15) is 0 Å². The van der Waals surface area contributed by atoms with E-state index in [1.54, 1.807) is 13.2 Å². The quantitative estimate of drug-likeness (QED) is 0.804. The van der Waals surface area contributed by atoms with Crippen LogP contribution >= 0.6 is 15.9 Å². The Morgan fingerprint density at radius 2 is 1.63 bits per heavy atom. The molecule has 0 radical (unpaired) electrons. The third-order valence-electron chi connectivity index (χ3n) is 2.80. The SMILES string of the molecule is COC(=O)c1ccc(-c2ccc(OC)cc2)cc1Br. The number of rotatable bonds is 3. The molecular weight excluding hydrogens is 308 g/mol. The summed E-state index contributed by atoms with van der Waals surface area (Å²) >= 11 is 3.39. The van der Waals surface area contributed by atoms with Crippen molar-refractivity contribution in [1.29, 1.82) is 0 Å². The van der Waals surface area contributed by atoms with E-state index in [9.17, 15) is 4.79 Å². The number of hydrogen-bond acceptors (Lipinski definition) is 3. The molecule has 0 aromatic heterocycles. The third-order valence-corrected chi connectivity index (χ3v) is 3.45. The van der Waals surface area contributed by atoms with Crippen LogP contribution in [-0.4, -0.2) is 20.2 Å². The molecule has 0 aliphatic heterocycles. The van der Waals surface area contributed by atoms with Crippen LogP contribution in [0, 0.1) is 0 Å². The van der Waals surface area contributed by atoms with Crippen molar-refractivity contribution in [3.8, 4) is 16.9 Å². The maximum absolute atomic E-state index is 11.5. The lowest BCUT2D eigenvalue weighted by Crippen LogP contribution is -2.02. The van der Waals surface area contributed by atoms with Crippen molar-refractivity contribution >= 4 is 21.9 Å². The molecular formula is C15H13BrO3. The predicted octanol–water partition coefficient (Wildman–Crippen LogP) is 3.91. The Kier molecular flexibility index (Phi) is 4.22. The molecule has 2 aromatic carbocycles. The fourth-order valence-corrected chi connectivity index (χ4v) is 2.29. The molecule has 0 unspecified atom stereocenters. The molecule has 2 rings (SSSR count). The second-order valence-electron chi connectivity index (χ2n) is 3.91.